The van der Waals surface area contributed by atoms with Crippen LogP contribution in [0.5, 0.6) is 0 Å². The smallest absolute Gasteiger partial charge is 0.254 e. The topological polar surface area (TPSA) is 107 Å². The Hall–Kier alpha value is -2.61. The molecule has 8 heteroatoms. The molecule has 0 saturated carbocycles. The summed E-state index contributed by atoms with van der Waals surface area (Å²) in [6.45, 7) is 1.77. The molecule has 0 fully saturated rings. The fourth-order valence-corrected chi connectivity index (χ4v) is 3.83. The zero-order valence-corrected chi connectivity index (χ0v) is 13.8. The monoisotopic (exact) mass is 344 g/mol. The Balaban J connectivity index is 1.77. The average molecular weight is 344 g/mol. The third-order valence-electron chi connectivity index (χ3n) is 3.71. The van der Waals surface area contributed by atoms with E-state index in [1.807, 2.05) is 0 Å². The molecule has 1 aromatic heterocycles. The van der Waals surface area contributed by atoms with Crippen molar-refractivity contribution in [3.05, 3.63) is 51.9 Å². The van der Waals surface area contributed by atoms with Gasteiger partial charge in [-0.3, -0.25) is 19.0 Å². The van der Waals surface area contributed by atoms with Gasteiger partial charge in [0.05, 0.1) is 17.3 Å². The number of aryl methyl sites for hydroxylation is 1. The number of nitrogens with two attached hydrogens (primary N) is 1. The van der Waals surface area contributed by atoms with E-state index in [2.05, 4.69) is 10.3 Å². The van der Waals surface area contributed by atoms with Crippen molar-refractivity contribution in [3.63, 3.8) is 0 Å². The van der Waals surface area contributed by atoms with Crippen molar-refractivity contribution in [1.29, 1.82) is 0 Å². The highest BCUT2D eigenvalue weighted by Crippen LogP contribution is 2.32. The molecule has 3 rings (SSSR count). The molecule has 7 nitrogen and oxygen atoms in total. The van der Waals surface area contributed by atoms with Crippen molar-refractivity contribution in [1.82, 2.24) is 9.55 Å². The largest absolute Gasteiger partial charge is 0.366 e. The molecule has 0 unspecified atom stereocenters. The van der Waals surface area contributed by atoms with Crippen LogP contribution in [0.15, 0.2) is 40.3 Å². The number of aromatic nitrogens is 2. The van der Waals surface area contributed by atoms with Crippen LogP contribution < -0.4 is 16.6 Å². The number of carbonyl (C=O) groups is 2. The van der Waals surface area contributed by atoms with Gasteiger partial charge in [0.2, 0.25) is 5.91 Å². The number of nitrogens with zero attached hydrogens (tertiary/aromatic N) is 2. The number of nitrogens with one attached hydrogen (secondary N) is 1. The summed E-state index contributed by atoms with van der Waals surface area (Å²) in [4.78, 5) is 40.2. The molecule has 2 heterocycles. The Morgan fingerprint density at radius 3 is 2.92 bits per heavy atom. The van der Waals surface area contributed by atoms with Crippen LogP contribution in [-0.2, 0) is 4.79 Å². The van der Waals surface area contributed by atoms with Crippen LogP contribution in [0.4, 0.5) is 5.69 Å². The summed E-state index contributed by atoms with van der Waals surface area (Å²) in [7, 11) is 0. The molecule has 24 heavy (non-hydrogen) atoms. The maximum atomic E-state index is 12.3. The van der Waals surface area contributed by atoms with Crippen LogP contribution in [0, 0.1) is 6.92 Å². The van der Waals surface area contributed by atoms with Crippen LogP contribution in [0.3, 0.4) is 0 Å². The van der Waals surface area contributed by atoms with Crippen LogP contribution >= 0.6 is 11.8 Å². The molecule has 0 bridgehead atoms. The zero-order valence-electron chi connectivity index (χ0n) is 13.0. The molecule has 124 valence electrons. The number of fused-ring (bicyclic) bond motifs is 1. The molecule has 3 N–H and O–H groups in total. The molecule has 0 radical (unpaired) electrons. The highest BCUT2D eigenvalue weighted by atomic mass is 32.2. The summed E-state index contributed by atoms with van der Waals surface area (Å²) in [5.41, 5.74) is 6.44. The molecule has 0 aliphatic carbocycles. The summed E-state index contributed by atoms with van der Waals surface area (Å²) in [5, 5.41) is 3.33. The first-order valence-corrected chi connectivity index (χ1v) is 8.36. The highest BCUT2D eigenvalue weighted by Gasteiger charge is 2.27. The van der Waals surface area contributed by atoms with Crippen molar-refractivity contribution in [2.45, 2.75) is 24.5 Å². The number of anilines is 1. The molecule has 1 aliphatic heterocycles. The van der Waals surface area contributed by atoms with E-state index in [0.29, 0.717) is 22.3 Å². The van der Waals surface area contributed by atoms with E-state index in [9.17, 15) is 14.4 Å². The number of thioether (sulfide) groups is 1. The van der Waals surface area contributed by atoms with E-state index in [1.54, 1.807) is 35.8 Å². The SMILES string of the molecule is Cc1cc(=O)n2c(n1)SC[C@@H]2CC(=O)Nc1ccccc1C(N)=O. The lowest BCUT2D eigenvalue weighted by atomic mass is 10.1. The van der Waals surface area contributed by atoms with Gasteiger partial charge in [0.1, 0.15) is 0 Å². The Morgan fingerprint density at radius 2 is 2.17 bits per heavy atom. The minimum absolute atomic E-state index is 0.123. The summed E-state index contributed by atoms with van der Waals surface area (Å²) >= 11 is 1.46. The molecular weight excluding hydrogens is 328 g/mol. The van der Waals surface area contributed by atoms with Gasteiger partial charge in [-0.25, -0.2) is 4.98 Å². The number of benzene rings is 1. The maximum absolute atomic E-state index is 12.3. The number of rotatable bonds is 4. The predicted octanol–water partition coefficient (Wildman–Crippen LogP) is 1.33. The van der Waals surface area contributed by atoms with Gasteiger partial charge in [0.15, 0.2) is 5.16 Å². The quantitative estimate of drug-likeness (QED) is 0.814. The summed E-state index contributed by atoms with van der Waals surface area (Å²) in [6, 6.07) is 7.75. The Kier molecular flexibility index (Phi) is 4.39. The van der Waals surface area contributed by atoms with Crippen molar-refractivity contribution < 1.29 is 9.59 Å². The molecule has 2 aromatic rings. The normalized spacial score (nSPS) is 15.8. The first kappa shape index (κ1) is 16.3. The highest BCUT2D eigenvalue weighted by molar-refractivity contribution is 7.99. The lowest BCUT2D eigenvalue weighted by molar-refractivity contribution is -0.116. The molecular formula is C16H16N4O3S. The van der Waals surface area contributed by atoms with Crippen molar-refractivity contribution >= 4 is 29.3 Å². The summed E-state index contributed by atoms with van der Waals surface area (Å²) in [6.07, 6.45) is 0.123. The van der Waals surface area contributed by atoms with Gasteiger partial charge in [0.25, 0.3) is 11.5 Å². The van der Waals surface area contributed by atoms with Crippen LogP contribution in [0.2, 0.25) is 0 Å². The second-order valence-electron chi connectivity index (χ2n) is 5.52. The number of para-hydroxylation sites is 1. The maximum Gasteiger partial charge on any atom is 0.254 e. The number of hydrogen-bond donors (Lipinski definition) is 2. The molecule has 0 spiro atoms. The van der Waals surface area contributed by atoms with E-state index in [0.717, 1.165) is 0 Å². The fourth-order valence-electron chi connectivity index (χ4n) is 2.64. The Bertz CT molecular complexity index is 878. The standard InChI is InChI=1S/C16H16N4O3S/c1-9-6-14(22)20-10(8-24-16(20)18-9)7-13(21)19-12-5-3-2-4-11(12)15(17)23/h2-6,10H,7-8H2,1H3,(H2,17,23)(H,19,21)/t10-/m0/s1. The Morgan fingerprint density at radius 1 is 1.42 bits per heavy atom. The number of amides is 2. The average Bonchev–Trinajstić information content (AvgIpc) is 2.90. The number of carbonyl (C=O) groups excluding carboxylic acids is 2. The second kappa shape index (κ2) is 6.48. The van der Waals surface area contributed by atoms with Crippen molar-refractivity contribution in [2.75, 3.05) is 11.1 Å². The first-order chi connectivity index (χ1) is 11.5. The van der Waals surface area contributed by atoms with Crippen LogP contribution in [0.1, 0.15) is 28.5 Å². The van der Waals surface area contributed by atoms with Gasteiger partial charge in [0, 0.05) is 23.9 Å². The van der Waals surface area contributed by atoms with Gasteiger partial charge in [-0.15, -0.1) is 0 Å². The molecule has 0 saturated heterocycles. The minimum Gasteiger partial charge on any atom is -0.366 e. The van der Waals surface area contributed by atoms with E-state index in [1.165, 1.54) is 17.8 Å². The Labute approximate surface area is 142 Å². The number of primary amides is 1. The van der Waals surface area contributed by atoms with Gasteiger partial charge in [-0.2, -0.15) is 0 Å². The zero-order chi connectivity index (χ0) is 17.3. The van der Waals surface area contributed by atoms with Gasteiger partial charge in [-0.1, -0.05) is 23.9 Å². The minimum atomic E-state index is -0.608. The van der Waals surface area contributed by atoms with Crippen LogP contribution in [-0.4, -0.2) is 27.1 Å². The third kappa shape index (κ3) is 3.18. The van der Waals surface area contributed by atoms with Gasteiger partial charge in [-0.05, 0) is 19.1 Å². The second-order valence-corrected chi connectivity index (χ2v) is 6.50. The van der Waals surface area contributed by atoms with E-state index >= 15 is 0 Å². The van der Waals surface area contributed by atoms with Crippen molar-refractivity contribution in [2.24, 2.45) is 5.73 Å². The molecule has 2 amide bonds. The van der Waals surface area contributed by atoms with Gasteiger partial charge < -0.3 is 11.1 Å². The van der Waals surface area contributed by atoms with Gasteiger partial charge >= 0.3 is 0 Å². The first-order valence-electron chi connectivity index (χ1n) is 7.37. The molecule has 1 aromatic carbocycles. The van der Waals surface area contributed by atoms with E-state index in [-0.39, 0.29) is 29.5 Å². The van der Waals surface area contributed by atoms with E-state index < -0.39 is 5.91 Å². The van der Waals surface area contributed by atoms with E-state index in [4.69, 9.17) is 5.73 Å². The van der Waals surface area contributed by atoms with Crippen LogP contribution in [0.25, 0.3) is 0 Å². The van der Waals surface area contributed by atoms with Crippen molar-refractivity contribution in [3.8, 4) is 0 Å². The molecule has 1 atom stereocenters. The lowest BCUT2D eigenvalue weighted by Gasteiger charge is -2.14. The fraction of sp³-hybridized carbons (Fsp3) is 0.250. The lowest BCUT2D eigenvalue weighted by Crippen LogP contribution is -2.28. The molecule has 1 aliphatic rings. The summed E-state index contributed by atoms with van der Waals surface area (Å²) in [5.74, 6) is -0.283. The third-order valence-corrected chi connectivity index (χ3v) is 4.80. The predicted molar refractivity (Wildman–Crippen MR) is 91.2 cm³/mol. The summed E-state index contributed by atoms with van der Waals surface area (Å²) < 4.78 is 1.55. The number of hydrogen-bond acceptors (Lipinski definition) is 5.